The van der Waals surface area contributed by atoms with Crippen molar-refractivity contribution in [3.8, 4) is 0 Å². The van der Waals surface area contributed by atoms with Gasteiger partial charge in [-0.2, -0.15) is 0 Å². The minimum absolute atomic E-state index is 1.00. The van der Waals surface area contributed by atoms with Gasteiger partial charge in [0.15, 0.2) is 0 Å². The summed E-state index contributed by atoms with van der Waals surface area (Å²) in [5.41, 5.74) is 0. The van der Waals surface area contributed by atoms with E-state index in [2.05, 4.69) is 13.8 Å². The first-order chi connectivity index (χ1) is 4.29. The molecule has 9 heavy (non-hydrogen) atoms. The molecule has 0 aliphatic heterocycles. The lowest BCUT2D eigenvalue weighted by molar-refractivity contribution is 0.423. The van der Waals surface area contributed by atoms with E-state index in [9.17, 15) is 0 Å². The van der Waals surface area contributed by atoms with Crippen molar-refractivity contribution in [3.05, 3.63) is 0 Å². The van der Waals surface area contributed by atoms with Gasteiger partial charge in [-0.3, -0.25) is 0 Å². The molecule has 1 fully saturated rings. The SMILES string of the molecule is C[C@@H]1CCCC[C@@H](C)C1. The van der Waals surface area contributed by atoms with Gasteiger partial charge in [-0.15, -0.1) is 0 Å². The van der Waals surface area contributed by atoms with Crippen LogP contribution >= 0.6 is 0 Å². The minimum Gasteiger partial charge on any atom is -0.0625 e. The van der Waals surface area contributed by atoms with Gasteiger partial charge in [0.2, 0.25) is 0 Å². The summed E-state index contributed by atoms with van der Waals surface area (Å²) in [7, 11) is 0. The largest absolute Gasteiger partial charge is 0.0625 e. The molecular formula is C9H18. The maximum atomic E-state index is 2.39. The van der Waals surface area contributed by atoms with E-state index in [4.69, 9.17) is 0 Å². The summed E-state index contributed by atoms with van der Waals surface area (Å²) in [4.78, 5) is 0. The number of hydrogen-bond donors (Lipinski definition) is 0. The Labute approximate surface area is 58.7 Å². The molecule has 54 valence electrons. The third-order valence-corrected chi connectivity index (χ3v) is 2.45. The highest BCUT2D eigenvalue weighted by Gasteiger charge is 2.12. The molecule has 1 rings (SSSR count). The van der Waals surface area contributed by atoms with E-state index in [-0.39, 0.29) is 0 Å². The third kappa shape index (κ3) is 2.38. The highest BCUT2D eigenvalue weighted by Crippen LogP contribution is 2.26. The van der Waals surface area contributed by atoms with Crippen molar-refractivity contribution in [2.45, 2.75) is 46.0 Å². The van der Waals surface area contributed by atoms with Gasteiger partial charge in [-0.1, -0.05) is 39.5 Å². The van der Waals surface area contributed by atoms with Crippen molar-refractivity contribution in [1.29, 1.82) is 0 Å². The predicted molar refractivity (Wildman–Crippen MR) is 41.4 cm³/mol. The van der Waals surface area contributed by atoms with Crippen LogP contribution in [0.4, 0.5) is 0 Å². The smallest absolute Gasteiger partial charge is 0.0440 e. The Bertz CT molecular complexity index is 66.1. The van der Waals surface area contributed by atoms with Gasteiger partial charge in [0, 0.05) is 0 Å². The van der Waals surface area contributed by atoms with Crippen LogP contribution in [0.1, 0.15) is 46.0 Å². The third-order valence-electron chi connectivity index (χ3n) is 2.45. The molecule has 0 nitrogen and oxygen atoms in total. The summed E-state index contributed by atoms with van der Waals surface area (Å²) in [5.74, 6) is 2.00. The average molecular weight is 126 g/mol. The molecule has 0 aromatic carbocycles. The molecule has 0 heterocycles. The molecule has 0 bridgehead atoms. The summed E-state index contributed by atoms with van der Waals surface area (Å²) in [6.45, 7) is 4.78. The van der Waals surface area contributed by atoms with Crippen molar-refractivity contribution in [1.82, 2.24) is 0 Å². The van der Waals surface area contributed by atoms with Crippen LogP contribution in [0, 0.1) is 11.8 Å². The molecule has 0 heteroatoms. The molecular weight excluding hydrogens is 108 g/mol. The van der Waals surface area contributed by atoms with Crippen LogP contribution in [-0.4, -0.2) is 0 Å². The molecule has 0 unspecified atom stereocenters. The van der Waals surface area contributed by atoms with Crippen LogP contribution in [-0.2, 0) is 0 Å². The molecule has 0 N–H and O–H groups in total. The van der Waals surface area contributed by atoms with Crippen molar-refractivity contribution in [2.75, 3.05) is 0 Å². The molecule has 0 saturated heterocycles. The Kier molecular flexibility index (Phi) is 2.56. The monoisotopic (exact) mass is 126 g/mol. The second-order valence-corrected chi connectivity index (χ2v) is 3.73. The van der Waals surface area contributed by atoms with Gasteiger partial charge in [-0.25, -0.2) is 0 Å². The van der Waals surface area contributed by atoms with Gasteiger partial charge in [0.05, 0.1) is 0 Å². The lowest BCUT2D eigenvalue weighted by Gasteiger charge is -2.09. The fourth-order valence-electron chi connectivity index (χ4n) is 1.91. The lowest BCUT2D eigenvalue weighted by atomic mass is 9.97. The quantitative estimate of drug-likeness (QED) is 0.437. The fraction of sp³-hybridized carbons (Fsp3) is 1.00. The Morgan fingerprint density at radius 3 is 1.78 bits per heavy atom. The molecule has 1 aliphatic rings. The van der Waals surface area contributed by atoms with E-state index >= 15 is 0 Å². The van der Waals surface area contributed by atoms with Crippen molar-refractivity contribution >= 4 is 0 Å². The molecule has 1 aliphatic carbocycles. The number of rotatable bonds is 0. The summed E-state index contributed by atoms with van der Waals surface area (Å²) >= 11 is 0. The van der Waals surface area contributed by atoms with Crippen LogP contribution in [0.25, 0.3) is 0 Å². The van der Waals surface area contributed by atoms with E-state index in [1.165, 1.54) is 32.1 Å². The first-order valence-corrected chi connectivity index (χ1v) is 4.29. The normalized spacial score (nSPS) is 38.0. The van der Waals surface area contributed by atoms with Crippen LogP contribution < -0.4 is 0 Å². The van der Waals surface area contributed by atoms with Gasteiger partial charge < -0.3 is 0 Å². The first-order valence-electron chi connectivity index (χ1n) is 4.29. The fourth-order valence-corrected chi connectivity index (χ4v) is 1.91. The Balaban J connectivity index is 2.29. The lowest BCUT2D eigenvalue weighted by Crippen LogP contribution is -1.97. The summed E-state index contributed by atoms with van der Waals surface area (Å²) < 4.78 is 0. The Morgan fingerprint density at radius 1 is 0.889 bits per heavy atom. The molecule has 0 radical (unpaired) electrons. The van der Waals surface area contributed by atoms with E-state index in [0.29, 0.717) is 0 Å². The van der Waals surface area contributed by atoms with Crippen LogP contribution in [0.3, 0.4) is 0 Å². The highest BCUT2D eigenvalue weighted by atomic mass is 14.2. The van der Waals surface area contributed by atoms with Crippen molar-refractivity contribution in [2.24, 2.45) is 11.8 Å². The molecule has 0 aromatic rings. The summed E-state index contributed by atoms with van der Waals surface area (Å²) in [6.07, 6.45) is 7.38. The van der Waals surface area contributed by atoms with Gasteiger partial charge in [0.25, 0.3) is 0 Å². The van der Waals surface area contributed by atoms with Crippen molar-refractivity contribution in [3.63, 3.8) is 0 Å². The highest BCUT2D eigenvalue weighted by molar-refractivity contribution is 4.64. The molecule has 0 aromatic heterocycles. The molecule has 1 saturated carbocycles. The zero-order chi connectivity index (χ0) is 6.69. The van der Waals surface area contributed by atoms with E-state index in [0.717, 1.165) is 11.8 Å². The molecule has 0 spiro atoms. The Hall–Kier alpha value is 0. The number of hydrogen-bond acceptors (Lipinski definition) is 0. The summed E-state index contributed by atoms with van der Waals surface area (Å²) in [5, 5.41) is 0. The summed E-state index contributed by atoms with van der Waals surface area (Å²) in [6, 6.07) is 0. The molecule has 2 atom stereocenters. The van der Waals surface area contributed by atoms with Crippen LogP contribution in [0.2, 0.25) is 0 Å². The predicted octanol–water partition coefficient (Wildman–Crippen LogP) is 3.22. The van der Waals surface area contributed by atoms with Gasteiger partial charge >= 0.3 is 0 Å². The molecule has 0 amide bonds. The Morgan fingerprint density at radius 2 is 1.33 bits per heavy atom. The first kappa shape index (κ1) is 7.11. The zero-order valence-corrected chi connectivity index (χ0v) is 6.69. The topological polar surface area (TPSA) is 0 Å². The second kappa shape index (κ2) is 3.24. The van der Waals surface area contributed by atoms with E-state index in [1.54, 1.807) is 0 Å². The maximum absolute atomic E-state index is 2.39. The second-order valence-electron chi connectivity index (χ2n) is 3.73. The van der Waals surface area contributed by atoms with Crippen LogP contribution in [0.15, 0.2) is 0 Å². The minimum atomic E-state index is 1.00. The van der Waals surface area contributed by atoms with Crippen molar-refractivity contribution < 1.29 is 0 Å². The zero-order valence-electron chi connectivity index (χ0n) is 6.69. The van der Waals surface area contributed by atoms with Gasteiger partial charge in [-0.05, 0) is 18.3 Å². The van der Waals surface area contributed by atoms with E-state index < -0.39 is 0 Å². The maximum Gasteiger partial charge on any atom is -0.0440 e. The van der Waals surface area contributed by atoms with Crippen LogP contribution in [0.5, 0.6) is 0 Å². The van der Waals surface area contributed by atoms with E-state index in [1.807, 2.05) is 0 Å². The standard InChI is InChI=1S/C9H18/c1-8-5-3-4-6-9(2)7-8/h8-9H,3-7H2,1-2H3/t8-,9-/m1/s1. The average Bonchev–Trinajstić information content (AvgIpc) is 1.93. The van der Waals surface area contributed by atoms with Gasteiger partial charge in [0.1, 0.15) is 0 Å².